The molecule has 0 radical (unpaired) electrons. The lowest BCUT2D eigenvalue weighted by Crippen LogP contribution is -2.31. The second-order valence-corrected chi connectivity index (χ2v) is 5.15. The first kappa shape index (κ1) is 15.0. The van der Waals surface area contributed by atoms with Crippen LogP contribution in [-0.2, 0) is 6.54 Å². The number of hydrogen-bond acceptors (Lipinski definition) is 4. The lowest BCUT2D eigenvalue weighted by Gasteiger charge is -2.10. The molecule has 21 heavy (non-hydrogen) atoms. The summed E-state index contributed by atoms with van der Waals surface area (Å²) in [4.78, 5) is 20.5. The summed E-state index contributed by atoms with van der Waals surface area (Å²) in [6.07, 6.45) is 0. The van der Waals surface area contributed by atoms with E-state index in [2.05, 4.69) is 20.6 Å². The number of nitrogens with one attached hydrogen (secondary N) is 2. The van der Waals surface area contributed by atoms with Gasteiger partial charge < -0.3 is 10.6 Å². The van der Waals surface area contributed by atoms with Crippen LogP contribution in [0.4, 0.5) is 5.82 Å². The summed E-state index contributed by atoms with van der Waals surface area (Å²) in [7, 11) is 0. The Labute approximate surface area is 124 Å². The predicted octanol–water partition coefficient (Wildman–Crippen LogP) is 2.54. The van der Waals surface area contributed by atoms with Gasteiger partial charge in [-0.1, -0.05) is 30.3 Å². The zero-order chi connectivity index (χ0) is 15.2. The quantitative estimate of drug-likeness (QED) is 0.885. The first-order valence-corrected chi connectivity index (χ1v) is 6.99. The number of hydrogen-bond donors (Lipinski definition) is 2. The summed E-state index contributed by atoms with van der Waals surface area (Å²) in [5, 5.41) is 6.05. The smallest absolute Gasteiger partial charge is 0.270 e. The molecule has 0 spiro atoms. The molecule has 5 nitrogen and oxygen atoms in total. The third-order valence-corrected chi connectivity index (χ3v) is 2.81. The van der Waals surface area contributed by atoms with Gasteiger partial charge in [0.2, 0.25) is 0 Å². The molecular weight excluding hydrogens is 264 g/mol. The topological polar surface area (TPSA) is 66.9 Å². The molecule has 2 rings (SSSR count). The van der Waals surface area contributed by atoms with E-state index in [-0.39, 0.29) is 11.9 Å². The van der Waals surface area contributed by atoms with Crippen molar-refractivity contribution in [2.75, 3.05) is 5.32 Å². The molecule has 1 amide bonds. The van der Waals surface area contributed by atoms with E-state index in [1.165, 1.54) is 0 Å². The Kier molecular flexibility index (Phi) is 4.87. The molecule has 0 unspecified atom stereocenters. The van der Waals surface area contributed by atoms with Crippen LogP contribution in [0.2, 0.25) is 0 Å². The summed E-state index contributed by atoms with van der Waals surface area (Å²) in [6.45, 7) is 6.27. The summed E-state index contributed by atoms with van der Waals surface area (Å²) >= 11 is 0. The number of rotatable bonds is 5. The molecule has 1 aromatic heterocycles. The second kappa shape index (κ2) is 6.83. The minimum Gasteiger partial charge on any atom is -0.366 e. The first-order chi connectivity index (χ1) is 10.0. The number of aryl methyl sites for hydroxylation is 1. The summed E-state index contributed by atoms with van der Waals surface area (Å²) < 4.78 is 0. The third kappa shape index (κ3) is 4.56. The lowest BCUT2D eigenvalue weighted by atomic mass is 10.2. The van der Waals surface area contributed by atoms with Gasteiger partial charge in [0.1, 0.15) is 17.3 Å². The number of amides is 1. The van der Waals surface area contributed by atoms with E-state index in [0.29, 0.717) is 23.9 Å². The van der Waals surface area contributed by atoms with Gasteiger partial charge in [-0.15, -0.1) is 0 Å². The van der Waals surface area contributed by atoms with Gasteiger partial charge in [0, 0.05) is 18.7 Å². The van der Waals surface area contributed by atoms with E-state index in [1.54, 1.807) is 13.0 Å². The number of nitrogens with zero attached hydrogens (tertiary/aromatic N) is 2. The van der Waals surface area contributed by atoms with Gasteiger partial charge in [0.25, 0.3) is 5.91 Å². The van der Waals surface area contributed by atoms with Crippen LogP contribution in [0.1, 0.15) is 35.7 Å². The minimum atomic E-state index is -0.182. The lowest BCUT2D eigenvalue weighted by molar-refractivity contribution is 0.0937. The molecule has 2 aromatic rings. The van der Waals surface area contributed by atoms with Crippen LogP contribution < -0.4 is 10.6 Å². The Hall–Kier alpha value is -2.43. The van der Waals surface area contributed by atoms with Crippen molar-refractivity contribution in [3.8, 4) is 0 Å². The van der Waals surface area contributed by atoms with Gasteiger partial charge in [0.05, 0.1) is 0 Å². The maximum Gasteiger partial charge on any atom is 0.270 e. The zero-order valence-electron chi connectivity index (χ0n) is 12.6. The van der Waals surface area contributed by atoms with Crippen LogP contribution >= 0.6 is 0 Å². The number of aromatic nitrogens is 2. The van der Waals surface area contributed by atoms with Crippen molar-refractivity contribution in [1.29, 1.82) is 0 Å². The second-order valence-electron chi connectivity index (χ2n) is 5.15. The van der Waals surface area contributed by atoms with Gasteiger partial charge in [-0.3, -0.25) is 4.79 Å². The Morgan fingerprint density at radius 3 is 2.57 bits per heavy atom. The molecule has 0 fully saturated rings. The van der Waals surface area contributed by atoms with Gasteiger partial charge in [-0.05, 0) is 26.3 Å². The van der Waals surface area contributed by atoms with Gasteiger partial charge in [-0.2, -0.15) is 0 Å². The Morgan fingerprint density at radius 1 is 1.19 bits per heavy atom. The predicted molar refractivity (Wildman–Crippen MR) is 83.1 cm³/mol. The average Bonchev–Trinajstić information content (AvgIpc) is 2.45. The number of carbonyl (C=O) groups is 1. The zero-order valence-corrected chi connectivity index (χ0v) is 12.6. The highest BCUT2D eigenvalue weighted by molar-refractivity contribution is 5.93. The molecule has 0 aliphatic rings. The molecule has 0 atom stereocenters. The Balaban J connectivity index is 2.10. The van der Waals surface area contributed by atoms with E-state index in [9.17, 15) is 4.79 Å². The maximum absolute atomic E-state index is 12.0. The third-order valence-electron chi connectivity index (χ3n) is 2.81. The molecule has 0 saturated heterocycles. The van der Waals surface area contributed by atoms with E-state index < -0.39 is 0 Å². The molecule has 0 saturated carbocycles. The van der Waals surface area contributed by atoms with Crippen LogP contribution in [0.15, 0.2) is 36.4 Å². The van der Waals surface area contributed by atoms with E-state index >= 15 is 0 Å². The standard InChI is InChI=1S/C16H20N4O/c1-11(2)18-16(21)14-9-15(20-12(3)19-14)17-10-13-7-5-4-6-8-13/h4-9,11H,10H2,1-3H3,(H,18,21)(H,17,19,20). The number of anilines is 1. The average molecular weight is 284 g/mol. The largest absolute Gasteiger partial charge is 0.366 e. The molecule has 0 aliphatic heterocycles. The fourth-order valence-corrected chi connectivity index (χ4v) is 1.90. The van der Waals surface area contributed by atoms with Crippen LogP contribution in [0.25, 0.3) is 0 Å². The molecule has 0 bridgehead atoms. The summed E-state index contributed by atoms with van der Waals surface area (Å²) in [6, 6.07) is 11.8. The van der Waals surface area contributed by atoms with Crippen molar-refractivity contribution in [2.24, 2.45) is 0 Å². The molecule has 0 aliphatic carbocycles. The number of benzene rings is 1. The molecule has 2 N–H and O–H groups in total. The SMILES string of the molecule is Cc1nc(NCc2ccccc2)cc(C(=O)NC(C)C)n1. The van der Waals surface area contributed by atoms with Gasteiger partial charge >= 0.3 is 0 Å². The maximum atomic E-state index is 12.0. The van der Waals surface area contributed by atoms with Crippen molar-refractivity contribution in [3.63, 3.8) is 0 Å². The van der Waals surface area contributed by atoms with Crippen LogP contribution in [-0.4, -0.2) is 21.9 Å². The van der Waals surface area contributed by atoms with Gasteiger partial charge in [-0.25, -0.2) is 9.97 Å². The van der Waals surface area contributed by atoms with E-state index in [1.807, 2.05) is 44.2 Å². The highest BCUT2D eigenvalue weighted by atomic mass is 16.1. The van der Waals surface area contributed by atoms with Crippen molar-refractivity contribution in [2.45, 2.75) is 33.4 Å². The van der Waals surface area contributed by atoms with E-state index in [0.717, 1.165) is 5.56 Å². The number of carbonyl (C=O) groups excluding carboxylic acids is 1. The van der Waals surface area contributed by atoms with Gasteiger partial charge in [0.15, 0.2) is 0 Å². The summed E-state index contributed by atoms with van der Waals surface area (Å²) in [5.41, 5.74) is 1.54. The van der Waals surface area contributed by atoms with Crippen molar-refractivity contribution in [3.05, 3.63) is 53.5 Å². The Morgan fingerprint density at radius 2 is 1.90 bits per heavy atom. The molecule has 1 heterocycles. The van der Waals surface area contributed by atoms with Crippen LogP contribution in [0.3, 0.4) is 0 Å². The normalized spacial score (nSPS) is 10.5. The Bertz CT molecular complexity index is 611. The molecule has 5 heteroatoms. The first-order valence-electron chi connectivity index (χ1n) is 6.99. The molecule has 110 valence electrons. The van der Waals surface area contributed by atoms with E-state index in [4.69, 9.17) is 0 Å². The van der Waals surface area contributed by atoms with Crippen LogP contribution in [0.5, 0.6) is 0 Å². The van der Waals surface area contributed by atoms with Crippen molar-refractivity contribution < 1.29 is 4.79 Å². The monoisotopic (exact) mass is 284 g/mol. The fraction of sp³-hybridized carbons (Fsp3) is 0.312. The summed E-state index contributed by atoms with van der Waals surface area (Å²) in [5.74, 6) is 1.04. The van der Waals surface area contributed by atoms with Crippen LogP contribution in [0, 0.1) is 6.92 Å². The minimum absolute atomic E-state index is 0.0773. The highest BCUT2D eigenvalue weighted by Gasteiger charge is 2.11. The van der Waals surface area contributed by atoms with Crippen molar-refractivity contribution >= 4 is 11.7 Å². The molecular formula is C16H20N4O. The van der Waals surface area contributed by atoms with Crippen molar-refractivity contribution in [1.82, 2.24) is 15.3 Å². The fourth-order valence-electron chi connectivity index (χ4n) is 1.90. The molecule has 1 aromatic carbocycles. The highest BCUT2D eigenvalue weighted by Crippen LogP contribution is 2.09.